The minimum absolute atomic E-state index is 0.0219. The third kappa shape index (κ3) is 4.28. The van der Waals surface area contributed by atoms with Gasteiger partial charge in [-0.2, -0.15) is 0 Å². The molecule has 1 unspecified atom stereocenters. The predicted octanol–water partition coefficient (Wildman–Crippen LogP) is 0.481. The highest BCUT2D eigenvalue weighted by atomic mass is 32.2. The summed E-state index contributed by atoms with van der Waals surface area (Å²) in [4.78, 5) is 29.9. The summed E-state index contributed by atoms with van der Waals surface area (Å²) in [6, 6.07) is 4.33. The van der Waals surface area contributed by atoms with E-state index in [2.05, 4.69) is 10.3 Å². The lowest BCUT2D eigenvalue weighted by Crippen LogP contribution is -2.38. The van der Waals surface area contributed by atoms with E-state index in [-0.39, 0.29) is 40.7 Å². The van der Waals surface area contributed by atoms with Crippen LogP contribution in [0, 0.1) is 0 Å². The van der Waals surface area contributed by atoms with Crippen molar-refractivity contribution in [3.05, 3.63) is 29.6 Å². The van der Waals surface area contributed by atoms with Gasteiger partial charge < -0.3 is 10.2 Å². The summed E-state index contributed by atoms with van der Waals surface area (Å²) in [5.74, 6) is -0.626. The molecule has 7 nitrogen and oxygen atoms in total. The number of hydrogen-bond donors (Lipinski definition) is 1. The number of sulfone groups is 1. The first-order valence-corrected chi connectivity index (χ1v) is 9.39. The number of pyridine rings is 1. The second-order valence-corrected chi connectivity index (χ2v) is 7.87. The summed E-state index contributed by atoms with van der Waals surface area (Å²) in [5, 5.41) is 2.70. The van der Waals surface area contributed by atoms with Crippen molar-refractivity contribution in [1.82, 2.24) is 15.2 Å². The molecular formula is C15H21N3O4S. The second kappa shape index (κ2) is 7.08. The van der Waals surface area contributed by atoms with E-state index in [1.165, 1.54) is 11.0 Å². The molecule has 0 saturated carbocycles. The van der Waals surface area contributed by atoms with Crippen LogP contribution in [-0.4, -0.2) is 61.3 Å². The summed E-state index contributed by atoms with van der Waals surface area (Å²) < 4.78 is 23.1. The quantitative estimate of drug-likeness (QED) is 0.842. The van der Waals surface area contributed by atoms with Gasteiger partial charge in [-0.1, -0.05) is 13.0 Å². The number of hydrogen-bond acceptors (Lipinski definition) is 5. The predicted molar refractivity (Wildman–Crippen MR) is 86.0 cm³/mol. The van der Waals surface area contributed by atoms with Gasteiger partial charge in [-0.25, -0.2) is 13.4 Å². The van der Waals surface area contributed by atoms with Gasteiger partial charge in [0.05, 0.1) is 11.5 Å². The van der Waals surface area contributed by atoms with Crippen LogP contribution in [0.15, 0.2) is 18.2 Å². The van der Waals surface area contributed by atoms with Crippen molar-refractivity contribution in [2.24, 2.45) is 0 Å². The molecule has 23 heavy (non-hydrogen) atoms. The zero-order valence-electron chi connectivity index (χ0n) is 13.3. The summed E-state index contributed by atoms with van der Waals surface area (Å²) in [6.45, 7) is 2.48. The maximum Gasteiger partial charge on any atom is 0.272 e. The van der Waals surface area contributed by atoms with E-state index in [1.807, 2.05) is 6.92 Å². The first-order chi connectivity index (χ1) is 10.8. The molecular weight excluding hydrogens is 318 g/mol. The van der Waals surface area contributed by atoms with E-state index in [1.54, 1.807) is 19.2 Å². The van der Waals surface area contributed by atoms with E-state index in [9.17, 15) is 18.0 Å². The standard InChI is InChI=1S/C15H21N3O4S/c1-3-8-16-14(19)12-5-4-6-13(17-12)15(20)18(2)11-7-9-23(21,22)10-11/h4-6,11H,3,7-10H2,1-2H3,(H,16,19). The van der Waals surface area contributed by atoms with Gasteiger partial charge in [0.2, 0.25) is 0 Å². The second-order valence-electron chi connectivity index (χ2n) is 5.64. The van der Waals surface area contributed by atoms with Gasteiger partial charge in [0.25, 0.3) is 11.8 Å². The fourth-order valence-electron chi connectivity index (χ4n) is 2.44. The first-order valence-electron chi connectivity index (χ1n) is 7.57. The molecule has 0 bridgehead atoms. The Balaban J connectivity index is 2.12. The Morgan fingerprint density at radius 2 is 2.04 bits per heavy atom. The Bertz CT molecular complexity index is 702. The van der Waals surface area contributed by atoms with Crippen LogP contribution in [0.25, 0.3) is 0 Å². The van der Waals surface area contributed by atoms with Gasteiger partial charge in [-0.15, -0.1) is 0 Å². The van der Waals surface area contributed by atoms with Gasteiger partial charge in [0.15, 0.2) is 9.84 Å². The molecule has 2 amide bonds. The Morgan fingerprint density at radius 3 is 2.65 bits per heavy atom. The zero-order valence-corrected chi connectivity index (χ0v) is 14.1. The summed E-state index contributed by atoms with van der Waals surface area (Å²) >= 11 is 0. The van der Waals surface area contributed by atoms with Crippen LogP contribution in [-0.2, 0) is 9.84 Å². The number of carbonyl (C=O) groups excluding carboxylic acids is 2. The van der Waals surface area contributed by atoms with Crippen molar-refractivity contribution >= 4 is 21.7 Å². The van der Waals surface area contributed by atoms with Crippen LogP contribution in [0.1, 0.15) is 40.7 Å². The molecule has 2 rings (SSSR count). The van der Waals surface area contributed by atoms with Gasteiger partial charge in [-0.3, -0.25) is 9.59 Å². The average Bonchev–Trinajstić information content (AvgIpc) is 2.91. The molecule has 0 aliphatic carbocycles. The molecule has 126 valence electrons. The average molecular weight is 339 g/mol. The summed E-state index contributed by atoms with van der Waals surface area (Å²) in [7, 11) is -1.50. The number of rotatable bonds is 5. The third-order valence-corrected chi connectivity index (χ3v) is 5.56. The molecule has 1 saturated heterocycles. The van der Waals surface area contributed by atoms with Crippen molar-refractivity contribution in [1.29, 1.82) is 0 Å². The highest BCUT2D eigenvalue weighted by Gasteiger charge is 2.33. The molecule has 8 heteroatoms. The topological polar surface area (TPSA) is 96.4 Å². The molecule has 0 aromatic carbocycles. The monoisotopic (exact) mass is 339 g/mol. The Kier molecular flexibility index (Phi) is 5.35. The van der Waals surface area contributed by atoms with Crippen LogP contribution < -0.4 is 5.32 Å². The van der Waals surface area contributed by atoms with Gasteiger partial charge in [0.1, 0.15) is 11.4 Å². The lowest BCUT2D eigenvalue weighted by molar-refractivity contribution is 0.0741. The molecule has 2 heterocycles. The molecule has 1 fully saturated rings. The first kappa shape index (κ1) is 17.4. The van der Waals surface area contributed by atoms with Crippen LogP contribution >= 0.6 is 0 Å². The normalized spacial score (nSPS) is 19.3. The molecule has 1 atom stereocenters. The highest BCUT2D eigenvalue weighted by Crippen LogP contribution is 2.18. The molecule has 1 aliphatic heterocycles. The number of carbonyl (C=O) groups is 2. The van der Waals surface area contributed by atoms with Gasteiger partial charge >= 0.3 is 0 Å². The Labute approximate surface area is 136 Å². The minimum atomic E-state index is -3.07. The van der Waals surface area contributed by atoms with E-state index in [0.717, 1.165) is 6.42 Å². The van der Waals surface area contributed by atoms with E-state index < -0.39 is 9.84 Å². The highest BCUT2D eigenvalue weighted by molar-refractivity contribution is 7.91. The number of nitrogens with zero attached hydrogens (tertiary/aromatic N) is 2. The largest absolute Gasteiger partial charge is 0.351 e. The van der Waals surface area contributed by atoms with Crippen molar-refractivity contribution in [2.75, 3.05) is 25.1 Å². The van der Waals surface area contributed by atoms with Crippen molar-refractivity contribution < 1.29 is 18.0 Å². The number of amides is 2. The van der Waals surface area contributed by atoms with Gasteiger partial charge in [0, 0.05) is 19.6 Å². The van der Waals surface area contributed by atoms with E-state index in [0.29, 0.717) is 13.0 Å². The Morgan fingerprint density at radius 1 is 1.35 bits per heavy atom. The lowest BCUT2D eigenvalue weighted by Gasteiger charge is -2.23. The molecule has 1 N–H and O–H groups in total. The number of nitrogens with one attached hydrogen (secondary N) is 1. The van der Waals surface area contributed by atoms with Crippen molar-refractivity contribution in [3.8, 4) is 0 Å². The fourth-order valence-corrected chi connectivity index (χ4v) is 4.21. The molecule has 1 aromatic heterocycles. The maximum absolute atomic E-state index is 12.5. The van der Waals surface area contributed by atoms with Crippen LogP contribution in [0.4, 0.5) is 0 Å². The summed E-state index contributed by atoms with van der Waals surface area (Å²) in [5.41, 5.74) is 0.317. The van der Waals surface area contributed by atoms with E-state index in [4.69, 9.17) is 0 Å². The molecule has 1 aromatic rings. The Hall–Kier alpha value is -1.96. The molecule has 0 spiro atoms. The smallest absolute Gasteiger partial charge is 0.272 e. The fraction of sp³-hybridized carbons (Fsp3) is 0.533. The lowest BCUT2D eigenvalue weighted by atomic mass is 10.2. The molecule has 0 radical (unpaired) electrons. The SMILES string of the molecule is CCCNC(=O)c1cccc(C(=O)N(C)C2CCS(=O)(=O)C2)n1. The van der Waals surface area contributed by atoms with Crippen molar-refractivity contribution in [2.45, 2.75) is 25.8 Å². The van der Waals surface area contributed by atoms with E-state index >= 15 is 0 Å². The molecule has 1 aliphatic rings. The van der Waals surface area contributed by atoms with Gasteiger partial charge in [-0.05, 0) is 25.0 Å². The van der Waals surface area contributed by atoms with Crippen LogP contribution in [0.3, 0.4) is 0 Å². The van der Waals surface area contributed by atoms with Crippen molar-refractivity contribution in [3.63, 3.8) is 0 Å². The third-order valence-electron chi connectivity index (χ3n) is 3.81. The minimum Gasteiger partial charge on any atom is -0.351 e. The number of aromatic nitrogens is 1. The zero-order chi connectivity index (χ0) is 17.0. The summed E-state index contributed by atoms with van der Waals surface area (Å²) in [6.07, 6.45) is 1.24. The van der Waals surface area contributed by atoms with Crippen LogP contribution in [0.5, 0.6) is 0 Å². The maximum atomic E-state index is 12.5. The van der Waals surface area contributed by atoms with Crippen LogP contribution in [0.2, 0.25) is 0 Å².